The van der Waals surface area contributed by atoms with Gasteiger partial charge in [-0.3, -0.25) is 4.90 Å². The van der Waals surface area contributed by atoms with Gasteiger partial charge < -0.3 is 20.1 Å². The number of carboxylic acids is 1. The van der Waals surface area contributed by atoms with Crippen LogP contribution in [0.1, 0.15) is 27.2 Å². The van der Waals surface area contributed by atoms with Crippen LogP contribution in [0.15, 0.2) is 0 Å². The van der Waals surface area contributed by atoms with Crippen molar-refractivity contribution in [2.75, 3.05) is 20.3 Å². The Balaban J connectivity index is 0.00000324. The lowest BCUT2D eigenvalue weighted by Gasteiger charge is -2.26. The topological polar surface area (TPSA) is 108 Å². The van der Waals surface area contributed by atoms with Crippen molar-refractivity contribution in [3.8, 4) is 0 Å². The van der Waals surface area contributed by atoms with Crippen LogP contribution in [-0.4, -0.2) is 59.4 Å². The Morgan fingerprint density at radius 3 is 2.37 bits per heavy atom. The Morgan fingerprint density at radius 2 is 1.95 bits per heavy atom. The lowest BCUT2D eigenvalue weighted by molar-refractivity contribution is -0.142. The predicted octanol–water partition coefficient (Wildman–Crippen LogP) is 0.518. The van der Waals surface area contributed by atoms with Gasteiger partial charge in [0, 0.05) is 19.6 Å². The molecule has 0 aliphatic carbocycles. The van der Waals surface area contributed by atoms with Crippen LogP contribution in [0.3, 0.4) is 0 Å². The van der Waals surface area contributed by atoms with Gasteiger partial charge in [-0.15, -0.1) is 0 Å². The van der Waals surface area contributed by atoms with Crippen molar-refractivity contribution in [1.29, 1.82) is 0 Å². The highest BCUT2D eigenvalue weighted by atomic mass is 16.6. The molecule has 7 heteroatoms. The number of aliphatic carboxylic acids is 1. The van der Waals surface area contributed by atoms with E-state index < -0.39 is 23.7 Å². The molecule has 0 aromatic rings. The molecule has 1 heterocycles. The number of amides is 1. The van der Waals surface area contributed by atoms with Crippen molar-refractivity contribution < 1.29 is 29.6 Å². The molecule has 19 heavy (non-hydrogen) atoms. The number of hydrogen-bond acceptors (Lipinski definition) is 4. The summed E-state index contributed by atoms with van der Waals surface area (Å²) in [4.78, 5) is 24.3. The number of carboxylic acid groups (broad SMARTS) is 1. The maximum atomic E-state index is 11.9. The van der Waals surface area contributed by atoms with Crippen molar-refractivity contribution in [2.24, 2.45) is 5.92 Å². The minimum Gasteiger partial charge on any atom is -0.480 e. The van der Waals surface area contributed by atoms with E-state index in [1.807, 2.05) is 0 Å². The third-order valence-electron chi connectivity index (χ3n) is 2.70. The van der Waals surface area contributed by atoms with Crippen molar-refractivity contribution >= 4 is 12.1 Å². The van der Waals surface area contributed by atoms with Crippen LogP contribution in [0.25, 0.3) is 0 Å². The molecule has 0 aromatic carbocycles. The summed E-state index contributed by atoms with van der Waals surface area (Å²) in [5, 5.41) is 9.13. The highest BCUT2D eigenvalue weighted by Crippen LogP contribution is 2.25. The van der Waals surface area contributed by atoms with Crippen molar-refractivity contribution in [3.05, 3.63) is 0 Å². The first-order valence-electron chi connectivity index (χ1n) is 5.96. The maximum absolute atomic E-state index is 11.9. The third kappa shape index (κ3) is 5.04. The van der Waals surface area contributed by atoms with E-state index in [9.17, 15) is 9.59 Å². The summed E-state index contributed by atoms with van der Waals surface area (Å²) in [5.74, 6) is -0.955. The second-order valence-corrected chi connectivity index (χ2v) is 5.54. The summed E-state index contributed by atoms with van der Waals surface area (Å²) >= 11 is 0. The molecule has 1 aliphatic heterocycles. The molecule has 1 unspecified atom stereocenters. The number of ether oxygens (including phenoxy) is 2. The van der Waals surface area contributed by atoms with Gasteiger partial charge in [-0.25, -0.2) is 9.59 Å². The van der Waals surface area contributed by atoms with Gasteiger partial charge in [0.2, 0.25) is 0 Å². The van der Waals surface area contributed by atoms with Gasteiger partial charge in [-0.05, 0) is 27.2 Å². The van der Waals surface area contributed by atoms with E-state index in [1.165, 1.54) is 4.90 Å². The molecular weight excluding hydrogens is 254 g/mol. The molecule has 7 nitrogen and oxygen atoms in total. The van der Waals surface area contributed by atoms with E-state index in [-0.39, 0.29) is 11.4 Å². The Hall–Kier alpha value is -1.34. The molecule has 0 radical (unpaired) electrons. The van der Waals surface area contributed by atoms with E-state index in [0.29, 0.717) is 19.6 Å². The van der Waals surface area contributed by atoms with Gasteiger partial charge in [-0.1, -0.05) is 0 Å². The van der Waals surface area contributed by atoms with E-state index in [1.54, 1.807) is 27.9 Å². The van der Waals surface area contributed by atoms with Gasteiger partial charge in [0.15, 0.2) is 0 Å². The molecule has 0 spiro atoms. The summed E-state index contributed by atoms with van der Waals surface area (Å²) < 4.78 is 10.2. The van der Waals surface area contributed by atoms with Gasteiger partial charge >= 0.3 is 12.1 Å². The van der Waals surface area contributed by atoms with Crippen LogP contribution in [-0.2, 0) is 14.3 Å². The van der Waals surface area contributed by atoms with E-state index in [2.05, 4.69) is 0 Å². The Morgan fingerprint density at radius 1 is 1.37 bits per heavy atom. The van der Waals surface area contributed by atoms with E-state index >= 15 is 0 Å². The number of carbonyl (C=O) groups is 2. The molecule has 3 N–H and O–H groups in total. The summed E-state index contributed by atoms with van der Waals surface area (Å²) in [7, 11) is 1.56. The number of carbonyl (C=O) groups excluding carboxylic acids is 1. The Kier molecular flexibility index (Phi) is 6.24. The minimum absolute atomic E-state index is 0. The molecule has 1 amide bonds. The first-order valence-corrected chi connectivity index (χ1v) is 5.96. The quantitative estimate of drug-likeness (QED) is 0.809. The van der Waals surface area contributed by atoms with Crippen molar-refractivity contribution in [3.63, 3.8) is 0 Å². The third-order valence-corrected chi connectivity index (χ3v) is 2.70. The molecule has 1 rings (SSSR count). The SMILES string of the molecule is COCC1C[C@@H](C(=O)O)N(C(=O)OC(C)(C)C)C1.O. The highest BCUT2D eigenvalue weighted by Gasteiger charge is 2.41. The van der Waals surface area contributed by atoms with Crippen molar-refractivity contribution in [1.82, 2.24) is 4.90 Å². The van der Waals surface area contributed by atoms with Crippen LogP contribution < -0.4 is 0 Å². The molecular formula is C12H23NO6. The summed E-state index contributed by atoms with van der Waals surface area (Å²) in [6, 6.07) is -0.819. The molecule has 1 aliphatic rings. The summed E-state index contributed by atoms with van der Waals surface area (Å²) in [6.45, 7) is 6.07. The fraction of sp³-hybridized carbons (Fsp3) is 0.833. The van der Waals surface area contributed by atoms with Crippen LogP contribution in [0.2, 0.25) is 0 Å². The normalized spacial score (nSPS) is 22.8. The zero-order valence-corrected chi connectivity index (χ0v) is 11.8. The standard InChI is InChI=1S/C12H21NO5.H2O/c1-12(2,3)18-11(16)13-6-8(7-17-4)5-9(13)10(14)15;/h8-9H,5-7H2,1-4H3,(H,14,15);1H2/t8?,9-;/m0./s1. The molecule has 112 valence electrons. The number of likely N-dealkylation sites (tertiary alicyclic amines) is 1. The number of nitrogens with zero attached hydrogens (tertiary/aromatic N) is 1. The van der Waals surface area contributed by atoms with Crippen LogP contribution in [0, 0.1) is 5.92 Å². The highest BCUT2D eigenvalue weighted by molar-refractivity contribution is 5.81. The molecule has 1 saturated heterocycles. The fourth-order valence-corrected chi connectivity index (χ4v) is 2.04. The summed E-state index contributed by atoms with van der Waals surface area (Å²) in [6.07, 6.45) is -0.170. The molecule has 0 bridgehead atoms. The number of methoxy groups -OCH3 is 1. The lowest BCUT2D eigenvalue weighted by atomic mass is 10.1. The smallest absolute Gasteiger partial charge is 0.411 e. The monoisotopic (exact) mass is 277 g/mol. The fourth-order valence-electron chi connectivity index (χ4n) is 2.04. The van der Waals surface area contributed by atoms with E-state index in [0.717, 1.165) is 0 Å². The van der Waals surface area contributed by atoms with Crippen LogP contribution in [0.5, 0.6) is 0 Å². The minimum atomic E-state index is -1.00. The van der Waals surface area contributed by atoms with Crippen molar-refractivity contribution in [2.45, 2.75) is 38.8 Å². The molecule has 0 saturated carbocycles. The van der Waals surface area contributed by atoms with Crippen LogP contribution >= 0.6 is 0 Å². The zero-order valence-electron chi connectivity index (χ0n) is 11.8. The zero-order chi connectivity index (χ0) is 13.9. The van der Waals surface area contributed by atoms with Crippen LogP contribution in [0.4, 0.5) is 4.79 Å². The Labute approximate surface area is 112 Å². The van der Waals surface area contributed by atoms with Gasteiger partial charge in [0.05, 0.1) is 6.61 Å². The average Bonchev–Trinajstić information content (AvgIpc) is 2.59. The Bertz CT molecular complexity index is 325. The predicted molar refractivity (Wildman–Crippen MR) is 68.0 cm³/mol. The second-order valence-electron chi connectivity index (χ2n) is 5.54. The largest absolute Gasteiger partial charge is 0.480 e. The first kappa shape index (κ1) is 17.7. The number of rotatable bonds is 3. The maximum Gasteiger partial charge on any atom is 0.411 e. The average molecular weight is 277 g/mol. The van der Waals surface area contributed by atoms with Gasteiger partial charge in [-0.2, -0.15) is 0 Å². The van der Waals surface area contributed by atoms with E-state index in [4.69, 9.17) is 14.6 Å². The summed E-state index contributed by atoms with van der Waals surface area (Å²) in [5.41, 5.74) is -0.626. The lowest BCUT2D eigenvalue weighted by Crippen LogP contribution is -2.43. The molecule has 2 atom stereocenters. The van der Waals surface area contributed by atoms with Gasteiger partial charge in [0.25, 0.3) is 0 Å². The van der Waals surface area contributed by atoms with Gasteiger partial charge in [0.1, 0.15) is 11.6 Å². The number of hydrogen-bond donors (Lipinski definition) is 1. The molecule has 0 aromatic heterocycles. The molecule has 1 fully saturated rings. The second kappa shape index (κ2) is 6.72. The first-order chi connectivity index (χ1) is 8.24.